The molecule has 120 valence electrons. The van der Waals surface area contributed by atoms with Crippen LogP contribution in [0.25, 0.3) is 0 Å². The summed E-state index contributed by atoms with van der Waals surface area (Å²) in [5.74, 6) is 3.08. The molecule has 21 heavy (non-hydrogen) atoms. The van der Waals surface area contributed by atoms with Gasteiger partial charge in [-0.15, -0.1) is 0 Å². The van der Waals surface area contributed by atoms with Gasteiger partial charge < -0.3 is 9.73 Å². The van der Waals surface area contributed by atoms with Gasteiger partial charge >= 0.3 is 0 Å². The van der Waals surface area contributed by atoms with Crippen molar-refractivity contribution in [2.24, 2.45) is 5.92 Å². The normalized spacial score (nSPS) is 20.3. The largest absolute Gasteiger partial charge is 0.465 e. The van der Waals surface area contributed by atoms with Gasteiger partial charge in [-0.3, -0.25) is 4.90 Å². The van der Waals surface area contributed by atoms with Crippen molar-refractivity contribution in [3.05, 3.63) is 23.2 Å². The number of aryl methyl sites for hydroxylation is 1. The van der Waals surface area contributed by atoms with E-state index in [2.05, 4.69) is 50.9 Å². The fraction of sp³-hybridized carbons (Fsp3) is 0.778. The maximum absolute atomic E-state index is 5.96. The van der Waals surface area contributed by atoms with Crippen LogP contribution in [0.2, 0.25) is 0 Å². The van der Waals surface area contributed by atoms with E-state index >= 15 is 0 Å². The zero-order valence-electron chi connectivity index (χ0n) is 14.5. The molecule has 0 bridgehead atoms. The Balaban J connectivity index is 1.87. The van der Waals surface area contributed by atoms with E-state index < -0.39 is 0 Å². The highest BCUT2D eigenvalue weighted by Crippen LogP contribution is 2.24. The number of nitrogens with zero attached hydrogens (tertiary/aromatic N) is 1. The van der Waals surface area contributed by atoms with Crippen molar-refractivity contribution in [3.8, 4) is 0 Å². The molecule has 1 fully saturated rings. The van der Waals surface area contributed by atoms with Gasteiger partial charge in [-0.25, -0.2) is 0 Å². The molecule has 0 aromatic carbocycles. The summed E-state index contributed by atoms with van der Waals surface area (Å²) in [7, 11) is 0. The highest BCUT2D eigenvalue weighted by molar-refractivity contribution is 5.21. The first-order valence-electron chi connectivity index (χ1n) is 8.43. The van der Waals surface area contributed by atoms with Gasteiger partial charge in [0, 0.05) is 24.2 Å². The minimum atomic E-state index is 0.145. The molecule has 3 heteroatoms. The molecule has 0 amide bonds. The fourth-order valence-corrected chi connectivity index (χ4v) is 3.12. The third-order valence-electron chi connectivity index (χ3n) is 4.33. The van der Waals surface area contributed by atoms with E-state index in [1.54, 1.807) is 0 Å². The Morgan fingerprint density at radius 3 is 2.81 bits per heavy atom. The van der Waals surface area contributed by atoms with Crippen LogP contribution in [0.3, 0.4) is 0 Å². The molecule has 3 nitrogen and oxygen atoms in total. The summed E-state index contributed by atoms with van der Waals surface area (Å²) in [4.78, 5) is 2.54. The molecule has 1 aliphatic heterocycles. The Hall–Kier alpha value is -0.800. The van der Waals surface area contributed by atoms with Crippen molar-refractivity contribution in [3.63, 3.8) is 0 Å². The number of hydrogen-bond donors (Lipinski definition) is 1. The molecule has 1 unspecified atom stereocenters. The van der Waals surface area contributed by atoms with E-state index in [-0.39, 0.29) is 5.54 Å². The smallest absolute Gasteiger partial charge is 0.118 e. The van der Waals surface area contributed by atoms with Gasteiger partial charge in [0.15, 0.2) is 0 Å². The minimum absolute atomic E-state index is 0.145. The standard InChI is InChI=1S/C18H32N2O/c1-6-7-15-8-9-20(12-15)13-17-10-16(14(2)21-17)11-19-18(3,4)5/h10,15,19H,6-9,11-13H2,1-5H3. The van der Waals surface area contributed by atoms with Crippen LogP contribution < -0.4 is 5.32 Å². The summed E-state index contributed by atoms with van der Waals surface area (Å²) in [5, 5.41) is 3.54. The predicted octanol–water partition coefficient (Wildman–Crippen LogP) is 4.10. The van der Waals surface area contributed by atoms with Gasteiger partial charge in [0.1, 0.15) is 11.5 Å². The summed E-state index contributed by atoms with van der Waals surface area (Å²) in [5.41, 5.74) is 1.44. The summed E-state index contributed by atoms with van der Waals surface area (Å²) in [6, 6.07) is 2.24. The van der Waals surface area contributed by atoms with E-state index in [9.17, 15) is 0 Å². The van der Waals surface area contributed by atoms with Gasteiger partial charge in [-0.1, -0.05) is 13.3 Å². The molecular weight excluding hydrogens is 260 g/mol. The highest BCUT2D eigenvalue weighted by Gasteiger charge is 2.23. The second-order valence-corrected chi connectivity index (χ2v) is 7.58. The fourth-order valence-electron chi connectivity index (χ4n) is 3.12. The molecule has 0 aliphatic carbocycles. The predicted molar refractivity (Wildman–Crippen MR) is 88.3 cm³/mol. The number of furan rings is 1. The summed E-state index contributed by atoms with van der Waals surface area (Å²) in [6.45, 7) is 15.3. The van der Waals surface area contributed by atoms with E-state index in [1.807, 2.05) is 0 Å². The van der Waals surface area contributed by atoms with Gasteiger partial charge in [0.05, 0.1) is 6.54 Å². The molecule has 2 heterocycles. The monoisotopic (exact) mass is 292 g/mol. The van der Waals surface area contributed by atoms with Crippen LogP contribution in [0, 0.1) is 12.8 Å². The maximum Gasteiger partial charge on any atom is 0.118 e. The number of nitrogens with one attached hydrogen (secondary N) is 1. The van der Waals surface area contributed by atoms with Crippen molar-refractivity contribution < 1.29 is 4.42 Å². The second kappa shape index (κ2) is 6.97. The Kier molecular flexibility index (Phi) is 5.50. The number of rotatable bonds is 6. The molecule has 0 radical (unpaired) electrons. The quantitative estimate of drug-likeness (QED) is 0.855. The van der Waals surface area contributed by atoms with Gasteiger partial charge in [0.25, 0.3) is 0 Å². The first-order valence-corrected chi connectivity index (χ1v) is 8.43. The molecule has 1 aromatic rings. The van der Waals surface area contributed by atoms with Gasteiger partial charge in [-0.05, 0) is 59.1 Å². The first kappa shape index (κ1) is 16.6. The minimum Gasteiger partial charge on any atom is -0.465 e. The van der Waals surface area contributed by atoms with Crippen LogP contribution >= 0.6 is 0 Å². The van der Waals surface area contributed by atoms with E-state index in [0.717, 1.165) is 30.5 Å². The molecular formula is C18H32N2O. The van der Waals surface area contributed by atoms with Crippen LogP contribution in [-0.2, 0) is 13.1 Å². The SMILES string of the molecule is CCCC1CCN(Cc2cc(CNC(C)(C)C)c(C)o2)C1. The van der Waals surface area contributed by atoms with Crippen LogP contribution in [0.4, 0.5) is 0 Å². The Labute approximate surface area is 130 Å². The lowest BCUT2D eigenvalue weighted by molar-refractivity contribution is 0.281. The summed E-state index contributed by atoms with van der Waals surface area (Å²) in [6.07, 6.45) is 4.03. The molecule has 1 aliphatic rings. The van der Waals surface area contributed by atoms with Crippen molar-refractivity contribution in [2.75, 3.05) is 13.1 Å². The maximum atomic E-state index is 5.96. The molecule has 2 rings (SSSR count). The highest BCUT2D eigenvalue weighted by atomic mass is 16.3. The average Bonchev–Trinajstić information content (AvgIpc) is 2.94. The van der Waals surface area contributed by atoms with E-state index in [4.69, 9.17) is 4.42 Å². The van der Waals surface area contributed by atoms with Crippen molar-refractivity contribution in [2.45, 2.75) is 72.5 Å². The first-order chi connectivity index (χ1) is 9.87. The Morgan fingerprint density at radius 1 is 1.38 bits per heavy atom. The zero-order chi connectivity index (χ0) is 15.5. The summed E-state index contributed by atoms with van der Waals surface area (Å²) < 4.78 is 5.96. The molecule has 1 N–H and O–H groups in total. The molecule has 0 saturated carbocycles. The van der Waals surface area contributed by atoms with E-state index in [1.165, 1.54) is 37.9 Å². The lowest BCUT2D eigenvalue weighted by atomic mass is 10.0. The third-order valence-corrected chi connectivity index (χ3v) is 4.33. The van der Waals surface area contributed by atoms with E-state index in [0.29, 0.717) is 0 Å². The van der Waals surface area contributed by atoms with Crippen LogP contribution in [-0.4, -0.2) is 23.5 Å². The van der Waals surface area contributed by atoms with Crippen LogP contribution in [0.1, 0.15) is 64.0 Å². The topological polar surface area (TPSA) is 28.4 Å². The number of hydrogen-bond acceptors (Lipinski definition) is 3. The van der Waals surface area contributed by atoms with Gasteiger partial charge in [0.2, 0.25) is 0 Å². The zero-order valence-corrected chi connectivity index (χ0v) is 14.5. The molecule has 1 saturated heterocycles. The summed E-state index contributed by atoms with van der Waals surface area (Å²) >= 11 is 0. The van der Waals surface area contributed by atoms with Crippen molar-refractivity contribution in [1.29, 1.82) is 0 Å². The molecule has 1 atom stereocenters. The second-order valence-electron chi connectivity index (χ2n) is 7.58. The van der Waals surface area contributed by atoms with Gasteiger partial charge in [-0.2, -0.15) is 0 Å². The van der Waals surface area contributed by atoms with Crippen LogP contribution in [0.5, 0.6) is 0 Å². The molecule has 1 aromatic heterocycles. The Morgan fingerprint density at radius 2 is 2.14 bits per heavy atom. The number of likely N-dealkylation sites (tertiary alicyclic amines) is 1. The lowest BCUT2D eigenvalue weighted by Crippen LogP contribution is -2.35. The Bertz CT molecular complexity index is 445. The van der Waals surface area contributed by atoms with Crippen LogP contribution in [0.15, 0.2) is 10.5 Å². The molecule has 0 spiro atoms. The third kappa shape index (κ3) is 5.15. The average molecular weight is 292 g/mol. The van der Waals surface area contributed by atoms with Crippen molar-refractivity contribution in [1.82, 2.24) is 10.2 Å². The van der Waals surface area contributed by atoms with Crippen molar-refractivity contribution >= 4 is 0 Å². The lowest BCUT2D eigenvalue weighted by Gasteiger charge is -2.20.